The van der Waals surface area contributed by atoms with Crippen molar-refractivity contribution in [3.63, 3.8) is 0 Å². The van der Waals surface area contributed by atoms with Crippen LogP contribution in [0.25, 0.3) is 0 Å². The molecule has 1 aliphatic rings. The van der Waals surface area contributed by atoms with Crippen LogP contribution in [0.1, 0.15) is 37.0 Å². The van der Waals surface area contributed by atoms with Gasteiger partial charge < -0.3 is 9.64 Å². The zero-order chi connectivity index (χ0) is 18.4. The molecule has 0 saturated heterocycles. The maximum absolute atomic E-state index is 13.0. The SMILES string of the molecule is CCN(CC)C(=O)Sc1cc(Br)c(OC)cc1C(=O)C1=CC=CCC1. The first-order valence-electron chi connectivity index (χ1n) is 8.26. The van der Waals surface area contributed by atoms with Crippen molar-refractivity contribution in [2.45, 2.75) is 31.6 Å². The summed E-state index contributed by atoms with van der Waals surface area (Å²) in [5.41, 5.74) is 1.26. The monoisotopic (exact) mass is 423 g/mol. The number of amides is 1. The number of methoxy groups -OCH3 is 1. The highest BCUT2D eigenvalue weighted by Gasteiger charge is 2.22. The Morgan fingerprint density at radius 1 is 1.28 bits per heavy atom. The third-order valence-corrected chi connectivity index (χ3v) is 5.63. The third kappa shape index (κ3) is 4.76. The van der Waals surface area contributed by atoms with Crippen LogP contribution in [-0.4, -0.2) is 36.1 Å². The van der Waals surface area contributed by atoms with Crippen molar-refractivity contribution in [1.29, 1.82) is 0 Å². The number of allylic oxidation sites excluding steroid dienone is 4. The van der Waals surface area contributed by atoms with Gasteiger partial charge in [-0.15, -0.1) is 0 Å². The lowest BCUT2D eigenvalue weighted by Gasteiger charge is -2.19. The summed E-state index contributed by atoms with van der Waals surface area (Å²) in [6, 6.07) is 3.50. The van der Waals surface area contributed by atoms with E-state index in [0.717, 1.165) is 28.2 Å². The Labute approximate surface area is 161 Å². The van der Waals surface area contributed by atoms with Crippen LogP contribution >= 0.6 is 27.7 Å². The van der Waals surface area contributed by atoms with E-state index in [9.17, 15) is 9.59 Å². The van der Waals surface area contributed by atoms with E-state index in [2.05, 4.69) is 15.9 Å². The molecule has 6 heteroatoms. The van der Waals surface area contributed by atoms with E-state index in [1.54, 1.807) is 24.1 Å². The van der Waals surface area contributed by atoms with Crippen molar-refractivity contribution in [2.75, 3.05) is 20.2 Å². The minimum absolute atomic E-state index is 0.0509. The second-order valence-electron chi connectivity index (χ2n) is 5.51. The lowest BCUT2D eigenvalue weighted by atomic mass is 9.96. The first-order chi connectivity index (χ1) is 12.0. The number of rotatable bonds is 6. The molecule has 0 fully saturated rings. The molecule has 0 spiro atoms. The second-order valence-corrected chi connectivity index (χ2v) is 7.36. The Morgan fingerprint density at radius 2 is 2.00 bits per heavy atom. The van der Waals surface area contributed by atoms with Crippen molar-refractivity contribution in [1.82, 2.24) is 4.90 Å². The number of halogens is 1. The van der Waals surface area contributed by atoms with E-state index >= 15 is 0 Å². The van der Waals surface area contributed by atoms with E-state index < -0.39 is 0 Å². The van der Waals surface area contributed by atoms with Crippen molar-refractivity contribution in [2.24, 2.45) is 0 Å². The molecule has 0 unspecified atom stereocenters. The number of thioether (sulfide) groups is 1. The van der Waals surface area contributed by atoms with Gasteiger partial charge in [0.25, 0.3) is 5.24 Å². The molecule has 0 saturated carbocycles. The van der Waals surface area contributed by atoms with Crippen LogP contribution in [0.4, 0.5) is 4.79 Å². The molecule has 0 atom stereocenters. The van der Waals surface area contributed by atoms with Gasteiger partial charge in [0.2, 0.25) is 0 Å². The van der Waals surface area contributed by atoms with Gasteiger partial charge in [-0.1, -0.05) is 18.2 Å². The van der Waals surface area contributed by atoms with Crippen molar-refractivity contribution in [3.05, 3.63) is 46.0 Å². The maximum Gasteiger partial charge on any atom is 0.286 e. The number of hydrogen-bond acceptors (Lipinski definition) is 4. The Morgan fingerprint density at radius 3 is 2.56 bits per heavy atom. The van der Waals surface area contributed by atoms with E-state index in [1.165, 1.54) is 0 Å². The summed E-state index contributed by atoms with van der Waals surface area (Å²) in [7, 11) is 1.56. The van der Waals surface area contributed by atoms with Gasteiger partial charge in [0.15, 0.2) is 5.78 Å². The molecular weight excluding hydrogens is 402 g/mol. The molecule has 0 bridgehead atoms. The van der Waals surface area contributed by atoms with Gasteiger partial charge in [-0.25, -0.2) is 0 Å². The number of ether oxygens (including phenoxy) is 1. The van der Waals surface area contributed by atoms with E-state index in [-0.39, 0.29) is 11.0 Å². The Balaban J connectivity index is 2.42. The molecule has 0 heterocycles. The van der Waals surface area contributed by atoms with Crippen LogP contribution in [0, 0.1) is 0 Å². The Bertz CT molecular complexity index is 724. The van der Waals surface area contributed by atoms with Crippen LogP contribution in [0.2, 0.25) is 0 Å². The van der Waals surface area contributed by atoms with Crippen molar-refractivity contribution in [3.8, 4) is 5.75 Å². The smallest absolute Gasteiger partial charge is 0.286 e. The predicted octanol–water partition coefficient (Wildman–Crippen LogP) is 5.47. The summed E-state index contributed by atoms with van der Waals surface area (Å²) < 4.78 is 6.06. The number of carbonyl (C=O) groups is 2. The maximum atomic E-state index is 13.0. The van der Waals surface area contributed by atoms with Gasteiger partial charge >= 0.3 is 0 Å². The summed E-state index contributed by atoms with van der Waals surface area (Å²) in [4.78, 5) is 27.9. The molecular formula is C19H22BrNO3S. The average Bonchev–Trinajstić information content (AvgIpc) is 2.63. The highest BCUT2D eigenvalue weighted by Crippen LogP contribution is 2.36. The summed E-state index contributed by atoms with van der Waals surface area (Å²) in [6.07, 6.45) is 7.36. The van der Waals surface area contributed by atoms with Gasteiger partial charge in [-0.2, -0.15) is 0 Å². The number of hydrogen-bond donors (Lipinski definition) is 0. The van der Waals surface area contributed by atoms with Crippen LogP contribution in [0.15, 0.2) is 45.3 Å². The molecule has 2 rings (SSSR count). The number of carbonyl (C=O) groups excluding carboxylic acids is 2. The molecule has 134 valence electrons. The normalized spacial score (nSPS) is 13.4. The first-order valence-corrected chi connectivity index (χ1v) is 9.87. The molecule has 4 nitrogen and oxygen atoms in total. The van der Waals surface area contributed by atoms with E-state index in [4.69, 9.17) is 4.74 Å². The second kappa shape index (κ2) is 9.25. The number of ketones is 1. The standard InChI is InChI=1S/C19H22BrNO3S/c1-4-21(5-2)19(23)25-17-12-15(20)16(24-3)11-14(17)18(22)13-9-7-6-8-10-13/h6-7,9,11-12H,4-5,8,10H2,1-3H3. The molecule has 0 radical (unpaired) electrons. The van der Waals surface area contributed by atoms with Gasteiger partial charge in [-0.05, 0) is 66.5 Å². The van der Waals surface area contributed by atoms with E-state index in [0.29, 0.717) is 35.7 Å². The number of benzene rings is 1. The molecule has 1 aromatic carbocycles. The summed E-state index contributed by atoms with van der Waals surface area (Å²) in [6.45, 7) is 5.16. The Kier molecular flexibility index (Phi) is 7.32. The number of nitrogens with zero attached hydrogens (tertiary/aromatic N) is 1. The molecule has 1 amide bonds. The lowest BCUT2D eigenvalue weighted by Crippen LogP contribution is -2.26. The topological polar surface area (TPSA) is 46.6 Å². The zero-order valence-corrected chi connectivity index (χ0v) is 17.1. The minimum Gasteiger partial charge on any atom is -0.496 e. The lowest BCUT2D eigenvalue weighted by molar-refractivity contribution is 0.102. The van der Waals surface area contributed by atoms with E-state index in [1.807, 2.05) is 32.1 Å². The average molecular weight is 424 g/mol. The molecule has 1 aliphatic carbocycles. The van der Waals surface area contributed by atoms with Gasteiger partial charge in [0, 0.05) is 29.1 Å². The predicted molar refractivity (Wildman–Crippen MR) is 106 cm³/mol. The van der Waals surface area contributed by atoms with Gasteiger partial charge in [0.05, 0.1) is 11.6 Å². The molecule has 0 aliphatic heterocycles. The molecule has 0 N–H and O–H groups in total. The fourth-order valence-electron chi connectivity index (χ4n) is 2.56. The van der Waals surface area contributed by atoms with Crippen LogP contribution in [0.3, 0.4) is 0 Å². The summed E-state index contributed by atoms with van der Waals surface area (Å²) in [5.74, 6) is 0.528. The molecule has 1 aromatic rings. The third-order valence-electron chi connectivity index (χ3n) is 4.02. The fourth-order valence-corrected chi connectivity index (χ4v) is 4.23. The van der Waals surface area contributed by atoms with Crippen LogP contribution in [-0.2, 0) is 0 Å². The minimum atomic E-state index is -0.0614. The summed E-state index contributed by atoms with van der Waals surface area (Å²) >= 11 is 4.54. The quantitative estimate of drug-likeness (QED) is 0.449. The van der Waals surface area contributed by atoms with Crippen molar-refractivity contribution >= 4 is 38.7 Å². The van der Waals surface area contributed by atoms with Gasteiger partial charge in [-0.3, -0.25) is 9.59 Å². The molecule has 25 heavy (non-hydrogen) atoms. The Hall–Kier alpha value is -1.53. The summed E-state index contributed by atoms with van der Waals surface area (Å²) in [5, 5.41) is -0.0614. The van der Waals surface area contributed by atoms with Gasteiger partial charge in [0.1, 0.15) is 5.75 Å². The van der Waals surface area contributed by atoms with Crippen LogP contribution in [0.5, 0.6) is 5.75 Å². The highest BCUT2D eigenvalue weighted by atomic mass is 79.9. The fraction of sp³-hybridized carbons (Fsp3) is 0.368. The highest BCUT2D eigenvalue weighted by molar-refractivity contribution is 9.10. The molecule has 0 aromatic heterocycles. The number of Topliss-reactive ketones (excluding diaryl/α,β-unsaturated/α-hetero) is 1. The largest absolute Gasteiger partial charge is 0.496 e. The zero-order valence-electron chi connectivity index (χ0n) is 14.7. The first kappa shape index (κ1) is 19.8. The van der Waals surface area contributed by atoms with Crippen molar-refractivity contribution < 1.29 is 14.3 Å². The van der Waals surface area contributed by atoms with Crippen LogP contribution < -0.4 is 4.74 Å².